The van der Waals surface area contributed by atoms with E-state index >= 15 is 0 Å². The third-order valence-electron chi connectivity index (χ3n) is 7.93. The summed E-state index contributed by atoms with van der Waals surface area (Å²) in [5.74, 6) is -2.26. The van der Waals surface area contributed by atoms with Crippen LogP contribution in [-0.2, 0) is 7.05 Å². The van der Waals surface area contributed by atoms with Crippen LogP contribution >= 0.6 is 11.6 Å². The van der Waals surface area contributed by atoms with E-state index in [1.165, 1.54) is 10.8 Å². The van der Waals surface area contributed by atoms with Gasteiger partial charge in [0, 0.05) is 24.7 Å². The van der Waals surface area contributed by atoms with Crippen molar-refractivity contribution in [2.24, 2.45) is 18.9 Å². The minimum atomic E-state index is -3.11. The molecule has 2 fully saturated rings. The second kappa shape index (κ2) is 9.23. The molecule has 1 aliphatic carbocycles. The summed E-state index contributed by atoms with van der Waals surface area (Å²) >= 11 is 6.43. The number of benzene rings is 1. The summed E-state index contributed by atoms with van der Waals surface area (Å²) < 4.78 is 36.7. The highest BCUT2D eigenvalue weighted by atomic mass is 35.5. The number of aryl methyl sites for hydroxylation is 1. The van der Waals surface area contributed by atoms with Crippen LogP contribution in [0.3, 0.4) is 0 Å². The molecular weight excluding hydrogens is 518 g/mol. The van der Waals surface area contributed by atoms with Gasteiger partial charge in [-0.15, -0.1) is 0 Å². The van der Waals surface area contributed by atoms with E-state index < -0.39 is 24.1 Å². The molecule has 6 rings (SSSR count). The van der Waals surface area contributed by atoms with Crippen molar-refractivity contribution < 1.29 is 18.6 Å². The number of halogens is 3. The van der Waals surface area contributed by atoms with Gasteiger partial charge in [-0.05, 0) is 49.3 Å². The van der Waals surface area contributed by atoms with E-state index in [4.69, 9.17) is 16.3 Å². The monoisotopic (exact) mass is 546 g/mol. The predicted molar refractivity (Wildman–Crippen MR) is 142 cm³/mol. The van der Waals surface area contributed by atoms with E-state index in [9.17, 15) is 18.7 Å². The van der Waals surface area contributed by atoms with Crippen molar-refractivity contribution in [3.8, 4) is 5.75 Å². The maximum Gasteiger partial charge on any atom is 0.301 e. The summed E-state index contributed by atoms with van der Waals surface area (Å²) in [4.78, 5) is 24.0. The largest absolute Gasteiger partial charge is 0.480 e. The number of aliphatic hydroxyl groups is 1. The van der Waals surface area contributed by atoms with E-state index in [1.807, 2.05) is 4.90 Å². The highest BCUT2D eigenvalue weighted by Gasteiger charge is 2.51. The summed E-state index contributed by atoms with van der Waals surface area (Å²) in [6.07, 6.45) is 3.85. The smallest absolute Gasteiger partial charge is 0.301 e. The molecule has 0 radical (unpaired) electrons. The van der Waals surface area contributed by atoms with E-state index in [0.717, 1.165) is 13.0 Å². The lowest BCUT2D eigenvalue weighted by Gasteiger charge is -2.25. The van der Waals surface area contributed by atoms with Gasteiger partial charge >= 0.3 is 5.92 Å². The number of pyridine rings is 1. The molecule has 1 aromatic carbocycles. The van der Waals surface area contributed by atoms with Crippen LogP contribution in [0, 0.1) is 11.8 Å². The Morgan fingerprint density at radius 1 is 1.32 bits per heavy atom. The van der Waals surface area contributed by atoms with Crippen molar-refractivity contribution in [1.29, 1.82) is 0 Å². The fourth-order valence-corrected chi connectivity index (χ4v) is 5.68. The molecule has 12 heteroatoms. The molecule has 0 spiro atoms. The normalized spacial score (nSPS) is 24.5. The fraction of sp³-hybridized carbons (Fsp3) is 0.500. The molecule has 2 unspecified atom stereocenters. The van der Waals surface area contributed by atoms with Crippen molar-refractivity contribution in [2.75, 3.05) is 35.3 Å². The lowest BCUT2D eigenvalue weighted by Crippen LogP contribution is -2.44. The number of hydrogen-bond acceptors (Lipinski definition) is 8. The van der Waals surface area contributed by atoms with Crippen LogP contribution < -0.4 is 25.8 Å². The zero-order valence-corrected chi connectivity index (χ0v) is 21.8. The maximum absolute atomic E-state index is 14.9. The summed E-state index contributed by atoms with van der Waals surface area (Å²) in [5, 5.41) is 16.9. The summed E-state index contributed by atoms with van der Waals surface area (Å²) in [7, 11) is 1.59. The van der Waals surface area contributed by atoms with Crippen molar-refractivity contribution in [3.63, 3.8) is 0 Å². The minimum absolute atomic E-state index is 0.000385. The topological polar surface area (TPSA) is 105 Å². The number of nitrogens with one attached hydrogen (secondary N) is 2. The van der Waals surface area contributed by atoms with Gasteiger partial charge in [0.2, 0.25) is 11.7 Å². The lowest BCUT2D eigenvalue weighted by atomic mass is 10.0. The number of ether oxygens (including phenoxy) is 1. The zero-order valence-electron chi connectivity index (χ0n) is 21.0. The molecule has 3 atom stereocenters. The number of rotatable bonds is 5. The number of fused-ring (bicyclic) bond motifs is 3. The van der Waals surface area contributed by atoms with Gasteiger partial charge in [-0.3, -0.25) is 4.79 Å². The number of aliphatic hydroxyl groups excluding tert-OH is 1. The third-order valence-corrected chi connectivity index (χ3v) is 8.21. The van der Waals surface area contributed by atoms with Crippen LogP contribution in [0.4, 0.5) is 31.9 Å². The Morgan fingerprint density at radius 3 is 2.84 bits per heavy atom. The Kier molecular flexibility index (Phi) is 6.10. The van der Waals surface area contributed by atoms with Crippen LogP contribution in [0.15, 0.2) is 29.2 Å². The number of anilines is 4. The van der Waals surface area contributed by atoms with Gasteiger partial charge in [0.05, 0.1) is 36.1 Å². The molecule has 202 valence electrons. The van der Waals surface area contributed by atoms with Crippen molar-refractivity contribution >= 4 is 45.6 Å². The number of hydrogen-bond donors (Lipinski definition) is 3. The minimum Gasteiger partial charge on any atom is -0.480 e. The zero-order chi connectivity index (χ0) is 26.8. The molecule has 3 aliphatic rings. The first-order valence-corrected chi connectivity index (χ1v) is 13.2. The molecule has 3 N–H and O–H groups in total. The van der Waals surface area contributed by atoms with Gasteiger partial charge in [-0.1, -0.05) is 18.5 Å². The number of aromatic nitrogens is 3. The first kappa shape index (κ1) is 25.1. The van der Waals surface area contributed by atoms with Crippen LogP contribution in [0.25, 0.3) is 10.9 Å². The molecule has 9 nitrogen and oxygen atoms in total. The van der Waals surface area contributed by atoms with Gasteiger partial charge < -0.3 is 29.9 Å². The van der Waals surface area contributed by atoms with Crippen LogP contribution in [0.5, 0.6) is 5.75 Å². The standard InChI is InChI=1S/C26H29ClF2N6O3/c1-13-7-8-35(19(13)11-36)25-30-10-17(27)23(33-25)31-15-5-6-18-16(9-15)20-21(24(37)34(18)2)38-12-26(28,29)22(32-20)14-3-4-14/h5-6,9-10,13-14,19,22,32,36H,3-4,7-8,11-12H2,1-2H3,(H,30,31,33)/t13?,19?,22-/m0/s1. The summed E-state index contributed by atoms with van der Waals surface area (Å²) in [5.41, 5.74) is 0.961. The molecule has 3 aromatic rings. The van der Waals surface area contributed by atoms with E-state index in [0.29, 0.717) is 52.1 Å². The first-order chi connectivity index (χ1) is 18.2. The molecule has 1 saturated carbocycles. The average molecular weight is 547 g/mol. The predicted octanol–water partition coefficient (Wildman–Crippen LogP) is 4.15. The highest BCUT2D eigenvalue weighted by molar-refractivity contribution is 6.33. The maximum atomic E-state index is 14.9. The summed E-state index contributed by atoms with van der Waals surface area (Å²) in [6.45, 7) is 1.96. The second-order valence-electron chi connectivity index (χ2n) is 10.5. The molecule has 4 heterocycles. The third kappa shape index (κ3) is 4.21. The van der Waals surface area contributed by atoms with E-state index in [2.05, 4.69) is 27.5 Å². The Balaban J connectivity index is 1.39. The molecule has 0 bridgehead atoms. The SMILES string of the molecule is CC1CCN(c2ncc(Cl)c(Nc3ccc4c(c3)c3c(c(=O)n4C)OCC(F)(F)[C@H](C4CC4)N3)n2)C1CO. The Hall–Kier alpha value is -3.18. The molecule has 2 aromatic heterocycles. The average Bonchev–Trinajstić information content (AvgIpc) is 3.67. The molecule has 1 saturated heterocycles. The highest BCUT2D eigenvalue weighted by Crippen LogP contribution is 2.45. The molecule has 38 heavy (non-hydrogen) atoms. The summed E-state index contributed by atoms with van der Waals surface area (Å²) in [6, 6.07) is 4.09. The molecule has 0 amide bonds. The van der Waals surface area contributed by atoms with E-state index in [1.54, 1.807) is 25.2 Å². The van der Waals surface area contributed by atoms with Gasteiger partial charge in [-0.2, -0.15) is 4.98 Å². The van der Waals surface area contributed by atoms with Crippen molar-refractivity contribution in [3.05, 3.63) is 39.8 Å². The number of nitrogens with zero attached hydrogens (tertiary/aromatic N) is 4. The van der Waals surface area contributed by atoms with Crippen molar-refractivity contribution in [2.45, 2.75) is 44.2 Å². The fourth-order valence-electron chi connectivity index (χ4n) is 5.54. The van der Waals surface area contributed by atoms with Gasteiger partial charge in [0.25, 0.3) is 5.56 Å². The number of alkyl halides is 2. The Morgan fingerprint density at radius 2 is 2.11 bits per heavy atom. The lowest BCUT2D eigenvalue weighted by molar-refractivity contribution is -0.0579. The first-order valence-electron chi connectivity index (χ1n) is 12.8. The quantitative estimate of drug-likeness (QED) is 0.438. The molecule has 2 aliphatic heterocycles. The van der Waals surface area contributed by atoms with Crippen LogP contribution in [0.1, 0.15) is 26.2 Å². The van der Waals surface area contributed by atoms with Crippen LogP contribution in [0.2, 0.25) is 5.02 Å². The van der Waals surface area contributed by atoms with Crippen molar-refractivity contribution in [1.82, 2.24) is 14.5 Å². The Labute approximate surface area is 222 Å². The van der Waals surface area contributed by atoms with Gasteiger partial charge in [-0.25, -0.2) is 13.8 Å². The second-order valence-corrected chi connectivity index (χ2v) is 10.9. The van der Waals surface area contributed by atoms with Crippen LogP contribution in [-0.4, -0.2) is 57.4 Å². The molecular formula is C26H29ClF2N6O3. The van der Waals surface area contributed by atoms with Gasteiger partial charge in [0.1, 0.15) is 5.02 Å². The Bertz CT molecular complexity index is 1460. The van der Waals surface area contributed by atoms with Gasteiger partial charge in [0.15, 0.2) is 12.4 Å². The van der Waals surface area contributed by atoms with E-state index in [-0.39, 0.29) is 30.0 Å².